The number of rotatable bonds is 4. The fourth-order valence-electron chi connectivity index (χ4n) is 2.84. The minimum Gasteiger partial charge on any atom is -0.566 e. The van der Waals surface area contributed by atoms with Gasteiger partial charge in [0.05, 0.1) is 18.7 Å². The van der Waals surface area contributed by atoms with Crippen molar-refractivity contribution in [3.8, 4) is 0 Å². The zero-order valence-corrected chi connectivity index (χ0v) is 12.0. The van der Waals surface area contributed by atoms with Crippen LogP contribution in [0.5, 0.6) is 0 Å². The summed E-state index contributed by atoms with van der Waals surface area (Å²) in [5.41, 5.74) is -0.186. The zero-order chi connectivity index (χ0) is 15.9. The number of fused-ring (bicyclic) bond motifs is 1. The molecule has 0 aromatic carbocycles. The first-order chi connectivity index (χ1) is 10.5. The Labute approximate surface area is 123 Å². The molecule has 1 fully saturated rings. The van der Waals surface area contributed by atoms with Gasteiger partial charge in [0.1, 0.15) is 6.17 Å². The number of nitrogens with zero attached hydrogens (tertiary/aromatic N) is 3. The van der Waals surface area contributed by atoms with Crippen LogP contribution in [0.1, 0.15) is 12.5 Å². The fourth-order valence-corrected chi connectivity index (χ4v) is 3.29. The van der Waals surface area contributed by atoms with Crippen molar-refractivity contribution in [3.63, 3.8) is 0 Å². The molecule has 3 rings (SSSR count). The van der Waals surface area contributed by atoms with Crippen LogP contribution in [0.25, 0.3) is 11.2 Å². The van der Waals surface area contributed by atoms with Crippen molar-refractivity contribution in [1.82, 2.24) is 19.5 Å². The van der Waals surface area contributed by atoms with Gasteiger partial charge in [0.15, 0.2) is 17.3 Å². The number of nitrogens with one attached hydrogen (secondary N) is 1. The lowest BCUT2D eigenvalue weighted by atomic mass is 10.1. The van der Waals surface area contributed by atoms with Crippen LogP contribution in [0.15, 0.2) is 17.4 Å². The third kappa shape index (κ3) is 2.44. The molecule has 22 heavy (non-hydrogen) atoms. The lowest BCUT2D eigenvalue weighted by Gasteiger charge is -2.18. The molecule has 0 amide bonds. The van der Waals surface area contributed by atoms with Gasteiger partial charge in [0, 0.05) is 12.5 Å². The van der Waals surface area contributed by atoms with E-state index in [0.717, 1.165) is 0 Å². The number of hydrogen-bond acceptors (Lipinski definition) is 7. The van der Waals surface area contributed by atoms with Crippen molar-refractivity contribution in [2.45, 2.75) is 24.7 Å². The summed E-state index contributed by atoms with van der Waals surface area (Å²) in [7, 11) is -3.26. The number of aromatic nitrogens is 4. The Balaban J connectivity index is 2.05. The van der Waals surface area contributed by atoms with Gasteiger partial charge >= 0.3 is 8.25 Å². The minimum absolute atomic E-state index is 0.0654. The normalized spacial score (nSPS) is 29.1. The van der Waals surface area contributed by atoms with E-state index >= 15 is 0 Å². The SMILES string of the molecule is O=c1[nH]cnc2c1ncn2[C@@H]1C[C@H](CO)[C@@H](F)[C@H]1O[P+](=O)[O-]. The highest BCUT2D eigenvalue weighted by Crippen LogP contribution is 2.42. The molecule has 2 heterocycles. The number of aliphatic hydroxyl groups is 1. The molecule has 2 N–H and O–H groups in total. The number of alkyl halides is 1. The second-order valence-electron chi connectivity index (χ2n) is 5.04. The highest BCUT2D eigenvalue weighted by Gasteiger charge is 2.49. The molecule has 0 aliphatic heterocycles. The second kappa shape index (κ2) is 5.81. The summed E-state index contributed by atoms with van der Waals surface area (Å²) in [6, 6.07) is -0.737. The van der Waals surface area contributed by atoms with Crippen LogP contribution in [0.2, 0.25) is 0 Å². The maximum atomic E-state index is 14.3. The van der Waals surface area contributed by atoms with E-state index in [1.165, 1.54) is 17.2 Å². The molecule has 0 radical (unpaired) electrons. The Kier molecular flexibility index (Phi) is 4.00. The molecule has 11 heteroatoms. The van der Waals surface area contributed by atoms with Gasteiger partial charge in [0.25, 0.3) is 5.56 Å². The maximum absolute atomic E-state index is 14.3. The summed E-state index contributed by atoms with van der Waals surface area (Å²) >= 11 is 0. The maximum Gasteiger partial charge on any atom is 0.488 e. The lowest BCUT2D eigenvalue weighted by molar-refractivity contribution is -0.192. The Hall–Kier alpha value is -1.74. The summed E-state index contributed by atoms with van der Waals surface area (Å²) in [4.78, 5) is 32.7. The van der Waals surface area contributed by atoms with Crippen LogP contribution in [0, 0.1) is 5.92 Å². The number of hydrogen-bond donors (Lipinski definition) is 2. The average Bonchev–Trinajstić information content (AvgIpc) is 3.02. The van der Waals surface area contributed by atoms with Crippen LogP contribution in [0.3, 0.4) is 0 Å². The lowest BCUT2D eigenvalue weighted by Crippen LogP contribution is -2.29. The molecule has 9 nitrogen and oxygen atoms in total. The minimum atomic E-state index is -3.26. The van der Waals surface area contributed by atoms with Gasteiger partial charge in [-0.1, -0.05) is 0 Å². The van der Waals surface area contributed by atoms with Gasteiger partial charge in [-0.05, 0) is 11.0 Å². The van der Waals surface area contributed by atoms with Crippen molar-refractivity contribution in [3.05, 3.63) is 23.0 Å². The zero-order valence-electron chi connectivity index (χ0n) is 11.1. The monoisotopic (exact) mass is 330 g/mol. The Morgan fingerprint density at radius 2 is 2.36 bits per heavy atom. The van der Waals surface area contributed by atoms with Gasteiger partial charge in [-0.15, -0.1) is 4.52 Å². The van der Waals surface area contributed by atoms with E-state index in [0.29, 0.717) is 0 Å². The molecular weight excluding hydrogens is 318 g/mol. The molecule has 0 saturated heterocycles. The van der Waals surface area contributed by atoms with Gasteiger partial charge < -0.3 is 19.6 Å². The van der Waals surface area contributed by atoms with Crippen LogP contribution in [-0.4, -0.2) is 43.5 Å². The number of halogens is 1. The highest BCUT2D eigenvalue weighted by atomic mass is 31.1. The summed E-state index contributed by atoms with van der Waals surface area (Å²) in [5.74, 6) is -0.760. The second-order valence-corrected chi connectivity index (χ2v) is 5.70. The van der Waals surface area contributed by atoms with E-state index in [1.54, 1.807) is 0 Å². The Morgan fingerprint density at radius 1 is 1.59 bits per heavy atom. The van der Waals surface area contributed by atoms with Gasteiger partial charge in [0.2, 0.25) is 0 Å². The first-order valence-corrected chi connectivity index (χ1v) is 7.58. The van der Waals surface area contributed by atoms with E-state index in [2.05, 4.69) is 19.5 Å². The molecule has 5 atom stereocenters. The third-order valence-corrected chi connectivity index (χ3v) is 4.27. The Morgan fingerprint density at radius 3 is 3.05 bits per heavy atom. The molecule has 1 aliphatic rings. The van der Waals surface area contributed by atoms with E-state index in [9.17, 15) is 23.7 Å². The first kappa shape index (κ1) is 15.2. The molecule has 0 bridgehead atoms. The Bertz CT molecular complexity index is 764. The number of imidazole rings is 1. The van der Waals surface area contributed by atoms with Gasteiger partial charge in [-0.25, -0.2) is 14.4 Å². The van der Waals surface area contributed by atoms with Crippen LogP contribution in [-0.2, 0) is 9.09 Å². The summed E-state index contributed by atoms with van der Waals surface area (Å²) in [6.07, 6.45) is -0.332. The molecule has 118 valence electrons. The van der Waals surface area contributed by atoms with Crippen molar-refractivity contribution in [2.75, 3.05) is 6.61 Å². The largest absolute Gasteiger partial charge is 0.566 e. The first-order valence-electron chi connectivity index (χ1n) is 6.49. The van der Waals surface area contributed by atoms with Crippen molar-refractivity contribution in [1.29, 1.82) is 0 Å². The summed E-state index contributed by atoms with van der Waals surface area (Å²) in [5, 5.41) is 9.22. The van der Waals surface area contributed by atoms with E-state index in [1.807, 2.05) is 0 Å². The summed E-state index contributed by atoms with van der Waals surface area (Å²) in [6.45, 7) is -0.437. The van der Waals surface area contributed by atoms with Crippen molar-refractivity contribution in [2.24, 2.45) is 5.92 Å². The average molecular weight is 330 g/mol. The molecule has 0 spiro atoms. The van der Waals surface area contributed by atoms with Crippen molar-refractivity contribution < 1.29 is 23.5 Å². The standard InChI is InChI=1S/C11H12FN4O5P/c12-7-5(2-17)1-6(9(7)21-22(19)20)16-4-15-8-10(16)13-3-14-11(8)18/h3-7,9,17H,1-2H2,(H,13,14,18)/t5-,6-,7-,9+/m1/s1. The number of H-pyrrole nitrogens is 1. The number of aliphatic hydroxyl groups excluding tert-OH is 1. The van der Waals surface area contributed by atoms with Gasteiger partial charge in [-0.2, -0.15) is 0 Å². The van der Waals surface area contributed by atoms with E-state index < -0.39 is 44.7 Å². The van der Waals surface area contributed by atoms with Crippen LogP contribution in [0.4, 0.5) is 4.39 Å². The van der Waals surface area contributed by atoms with E-state index in [4.69, 9.17) is 0 Å². The van der Waals surface area contributed by atoms with Gasteiger partial charge in [-0.3, -0.25) is 4.79 Å². The number of aromatic amines is 1. The molecule has 2 aromatic rings. The predicted octanol–water partition coefficient (Wildman–Crippen LogP) is -0.586. The summed E-state index contributed by atoms with van der Waals surface area (Å²) < 4.78 is 31.2. The van der Waals surface area contributed by atoms with Crippen LogP contribution < -0.4 is 10.5 Å². The fraction of sp³-hybridized carbons (Fsp3) is 0.545. The van der Waals surface area contributed by atoms with Crippen molar-refractivity contribution >= 4 is 19.4 Å². The highest BCUT2D eigenvalue weighted by molar-refractivity contribution is 7.30. The smallest absolute Gasteiger partial charge is 0.488 e. The molecule has 1 aliphatic carbocycles. The quantitative estimate of drug-likeness (QED) is 0.716. The predicted molar refractivity (Wildman–Crippen MR) is 69.8 cm³/mol. The third-order valence-electron chi connectivity index (χ3n) is 3.85. The molecule has 1 unspecified atom stereocenters. The molecule has 2 aromatic heterocycles. The molecule has 1 saturated carbocycles. The van der Waals surface area contributed by atoms with E-state index in [-0.39, 0.29) is 17.6 Å². The van der Waals surface area contributed by atoms with Crippen LogP contribution >= 0.6 is 8.25 Å². The topological polar surface area (TPSA) is 133 Å². The molecular formula is C11H12FN4O5P.